The van der Waals surface area contributed by atoms with Crippen molar-refractivity contribution in [2.24, 2.45) is 11.8 Å². The molecule has 2 aromatic rings. The largest absolute Gasteiger partial charge is 0.396 e. The van der Waals surface area contributed by atoms with E-state index < -0.39 is 0 Å². The van der Waals surface area contributed by atoms with Crippen molar-refractivity contribution in [2.75, 3.05) is 39.3 Å². The van der Waals surface area contributed by atoms with E-state index in [0.717, 1.165) is 19.6 Å². The van der Waals surface area contributed by atoms with E-state index in [2.05, 4.69) is 9.88 Å². The molecule has 0 aliphatic carbocycles. The Morgan fingerprint density at radius 3 is 2.68 bits per heavy atom. The molecule has 0 spiro atoms. The third-order valence-electron chi connectivity index (χ3n) is 6.17. The molecule has 1 N–H and O–H groups in total. The Hall–Kier alpha value is -2.05. The van der Waals surface area contributed by atoms with Gasteiger partial charge in [0.2, 0.25) is 0 Å². The number of hydrogen-bond donors (Lipinski definition) is 1. The first-order valence-corrected chi connectivity index (χ1v) is 10.2. The van der Waals surface area contributed by atoms with Crippen molar-refractivity contribution in [1.29, 1.82) is 0 Å². The number of nitrogens with zero attached hydrogens (tertiary/aromatic N) is 3. The minimum Gasteiger partial charge on any atom is -0.396 e. The van der Waals surface area contributed by atoms with Gasteiger partial charge in [0.1, 0.15) is 5.82 Å². The first-order valence-electron chi connectivity index (χ1n) is 10.2. The van der Waals surface area contributed by atoms with Crippen LogP contribution in [0.25, 0.3) is 10.9 Å². The Bertz CT molecular complexity index is 861. The Morgan fingerprint density at radius 2 is 1.93 bits per heavy atom. The van der Waals surface area contributed by atoms with Gasteiger partial charge in [0.15, 0.2) is 0 Å². The predicted octanol–water partition coefficient (Wildman–Crippen LogP) is 2.85. The third kappa shape index (κ3) is 3.89. The number of aryl methyl sites for hydroxylation is 1. The fourth-order valence-electron chi connectivity index (χ4n) is 4.67. The third-order valence-corrected chi connectivity index (χ3v) is 6.17. The Kier molecular flexibility index (Phi) is 5.60. The molecule has 1 aromatic carbocycles. The van der Waals surface area contributed by atoms with E-state index >= 15 is 0 Å². The molecule has 2 aliphatic heterocycles. The second-order valence-electron chi connectivity index (χ2n) is 8.25. The van der Waals surface area contributed by atoms with E-state index in [1.54, 1.807) is 12.1 Å². The summed E-state index contributed by atoms with van der Waals surface area (Å²) in [6.07, 6.45) is 3.76. The van der Waals surface area contributed by atoms with E-state index in [9.17, 15) is 14.3 Å². The van der Waals surface area contributed by atoms with Gasteiger partial charge in [-0.05, 0) is 57.0 Å². The van der Waals surface area contributed by atoms with Crippen LogP contribution in [0, 0.1) is 24.6 Å². The molecule has 2 fully saturated rings. The number of halogens is 1. The van der Waals surface area contributed by atoms with Crippen LogP contribution in [0.2, 0.25) is 0 Å². The van der Waals surface area contributed by atoms with Crippen LogP contribution in [0.4, 0.5) is 4.39 Å². The Labute approximate surface area is 165 Å². The molecule has 0 radical (unpaired) electrons. The number of aliphatic hydroxyl groups is 1. The average molecular weight is 385 g/mol. The van der Waals surface area contributed by atoms with Gasteiger partial charge in [-0.1, -0.05) is 6.42 Å². The predicted molar refractivity (Wildman–Crippen MR) is 107 cm³/mol. The lowest BCUT2D eigenvalue weighted by molar-refractivity contribution is 0.0780. The maximum absolute atomic E-state index is 13.6. The van der Waals surface area contributed by atoms with Crippen LogP contribution in [-0.2, 0) is 0 Å². The van der Waals surface area contributed by atoms with Crippen molar-refractivity contribution in [2.45, 2.75) is 26.2 Å². The SMILES string of the molecule is Cc1cc(C(=O)N2C[C@@H](CN3CCCCC3)[C@@H](CO)C2)c2ccc(F)cc2n1. The van der Waals surface area contributed by atoms with Crippen LogP contribution in [0.3, 0.4) is 0 Å². The zero-order valence-electron chi connectivity index (χ0n) is 16.4. The summed E-state index contributed by atoms with van der Waals surface area (Å²) in [7, 11) is 0. The highest BCUT2D eigenvalue weighted by Gasteiger charge is 2.36. The molecule has 2 atom stereocenters. The molecule has 28 heavy (non-hydrogen) atoms. The minimum absolute atomic E-state index is 0.0540. The number of benzene rings is 1. The summed E-state index contributed by atoms with van der Waals surface area (Å²) in [6.45, 7) is 6.31. The maximum atomic E-state index is 13.6. The van der Waals surface area contributed by atoms with Gasteiger partial charge in [0.05, 0.1) is 11.1 Å². The summed E-state index contributed by atoms with van der Waals surface area (Å²) in [6, 6.07) is 6.16. The summed E-state index contributed by atoms with van der Waals surface area (Å²) in [4.78, 5) is 22.0. The summed E-state index contributed by atoms with van der Waals surface area (Å²) in [5.74, 6) is -0.00924. The van der Waals surface area contributed by atoms with Crippen LogP contribution in [0.1, 0.15) is 35.3 Å². The Balaban J connectivity index is 1.56. The smallest absolute Gasteiger partial charge is 0.254 e. The van der Waals surface area contributed by atoms with Crippen LogP contribution in [-0.4, -0.2) is 65.1 Å². The number of likely N-dealkylation sites (tertiary alicyclic amines) is 2. The fraction of sp³-hybridized carbons (Fsp3) is 0.545. The summed E-state index contributed by atoms with van der Waals surface area (Å²) in [5, 5.41) is 10.6. The van der Waals surface area contributed by atoms with Gasteiger partial charge in [0, 0.05) is 49.3 Å². The number of piperidine rings is 1. The minimum atomic E-state index is -0.355. The molecule has 4 rings (SSSR count). The number of aromatic nitrogens is 1. The van der Waals surface area contributed by atoms with Gasteiger partial charge < -0.3 is 14.9 Å². The molecule has 150 valence electrons. The average Bonchev–Trinajstić information content (AvgIpc) is 3.10. The van der Waals surface area contributed by atoms with Gasteiger partial charge in [-0.3, -0.25) is 9.78 Å². The van der Waals surface area contributed by atoms with Crippen LogP contribution >= 0.6 is 0 Å². The standard InChI is InChI=1S/C22H28FN3O2/c1-15-9-20(19-6-5-18(23)10-21(19)24-15)22(28)26-12-16(17(13-26)14-27)11-25-7-3-2-4-8-25/h5-6,9-10,16-17,27H,2-4,7-8,11-14H2,1H3/t16-,17-/m1/s1. The molecule has 6 heteroatoms. The van der Waals surface area contributed by atoms with Crippen molar-refractivity contribution in [3.05, 3.63) is 41.3 Å². The monoisotopic (exact) mass is 385 g/mol. The van der Waals surface area contributed by atoms with Crippen molar-refractivity contribution >= 4 is 16.8 Å². The second-order valence-corrected chi connectivity index (χ2v) is 8.25. The molecule has 0 bridgehead atoms. The van der Waals surface area contributed by atoms with Gasteiger partial charge in [-0.2, -0.15) is 0 Å². The molecule has 1 amide bonds. The normalized spacial score (nSPS) is 23.5. The summed E-state index contributed by atoms with van der Waals surface area (Å²) < 4.78 is 13.6. The fourth-order valence-corrected chi connectivity index (χ4v) is 4.67. The molecule has 1 aromatic heterocycles. The first kappa shape index (κ1) is 19.3. The molecular formula is C22H28FN3O2. The lowest BCUT2D eigenvalue weighted by Gasteiger charge is -2.30. The molecule has 2 saturated heterocycles. The number of fused-ring (bicyclic) bond motifs is 1. The molecule has 5 nitrogen and oxygen atoms in total. The number of pyridine rings is 1. The van der Waals surface area contributed by atoms with E-state index in [4.69, 9.17) is 0 Å². The van der Waals surface area contributed by atoms with E-state index in [-0.39, 0.29) is 24.2 Å². The zero-order chi connectivity index (χ0) is 19.7. The van der Waals surface area contributed by atoms with Gasteiger partial charge in [-0.25, -0.2) is 4.39 Å². The summed E-state index contributed by atoms with van der Waals surface area (Å²) >= 11 is 0. The van der Waals surface area contributed by atoms with Gasteiger partial charge >= 0.3 is 0 Å². The quantitative estimate of drug-likeness (QED) is 0.879. The highest BCUT2D eigenvalue weighted by Crippen LogP contribution is 2.28. The first-order chi connectivity index (χ1) is 13.5. The van der Waals surface area contributed by atoms with Crippen LogP contribution in [0.5, 0.6) is 0 Å². The van der Waals surface area contributed by atoms with E-state index in [0.29, 0.717) is 41.2 Å². The molecule has 2 aliphatic rings. The van der Waals surface area contributed by atoms with Gasteiger partial charge in [-0.15, -0.1) is 0 Å². The van der Waals surface area contributed by atoms with Crippen molar-refractivity contribution in [1.82, 2.24) is 14.8 Å². The number of carbonyl (C=O) groups is 1. The van der Waals surface area contributed by atoms with E-state index in [1.165, 1.54) is 31.4 Å². The number of amides is 1. The lowest BCUT2D eigenvalue weighted by atomic mass is 9.95. The zero-order valence-corrected chi connectivity index (χ0v) is 16.4. The number of carbonyl (C=O) groups excluding carboxylic acids is 1. The number of aliphatic hydroxyl groups excluding tert-OH is 1. The van der Waals surface area contributed by atoms with Crippen LogP contribution < -0.4 is 0 Å². The molecule has 3 heterocycles. The van der Waals surface area contributed by atoms with E-state index in [1.807, 2.05) is 11.8 Å². The lowest BCUT2D eigenvalue weighted by Crippen LogP contribution is -2.37. The van der Waals surface area contributed by atoms with Crippen molar-refractivity contribution in [3.8, 4) is 0 Å². The van der Waals surface area contributed by atoms with Crippen LogP contribution in [0.15, 0.2) is 24.3 Å². The molecule has 0 saturated carbocycles. The topological polar surface area (TPSA) is 56.7 Å². The van der Waals surface area contributed by atoms with Gasteiger partial charge in [0.25, 0.3) is 5.91 Å². The molecular weight excluding hydrogens is 357 g/mol. The highest BCUT2D eigenvalue weighted by molar-refractivity contribution is 6.06. The number of hydrogen-bond acceptors (Lipinski definition) is 4. The highest BCUT2D eigenvalue weighted by atomic mass is 19.1. The van der Waals surface area contributed by atoms with Crippen molar-refractivity contribution < 1.29 is 14.3 Å². The summed E-state index contributed by atoms with van der Waals surface area (Å²) in [5.41, 5.74) is 1.77. The maximum Gasteiger partial charge on any atom is 0.254 e. The second kappa shape index (κ2) is 8.13. The molecule has 0 unspecified atom stereocenters. The van der Waals surface area contributed by atoms with Crippen molar-refractivity contribution in [3.63, 3.8) is 0 Å². The number of rotatable bonds is 4. The Morgan fingerprint density at radius 1 is 1.18 bits per heavy atom.